The summed E-state index contributed by atoms with van der Waals surface area (Å²) in [7, 11) is -6.41. The molecule has 204 valence electrons. The van der Waals surface area contributed by atoms with Crippen molar-refractivity contribution in [3.8, 4) is 16.9 Å². The molecule has 0 radical (unpaired) electrons. The number of rotatable bonds is 5. The van der Waals surface area contributed by atoms with Crippen LogP contribution in [0, 0.1) is 41.0 Å². The van der Waals surface area contributed by atoms with Crippen molar-refractivity contribution in [2.45, 2.75) is 69.7 Å². The average molecular weight is 553 g/mol. The van der Waals surface area contributed by atoms with Crippen LogP contribution >= 0.6 is 0 Å². The second-order valence-corrected chi connectivity index (χ2v) is 11.7. The highest BCUT2D eigenvalue weighted by Crippen LogP contribution is 2.46. The van der Waals surface area contributed by atoms with E-state index in [9.17, 15) is 30.4 Å². The van der Waals surface area contributed by atoms with E-state index < -0.39 is 55.8 Å². The molecule has 0 N–H and O–H groups in total. The van der Waals surface area contributed by atoms with Crippen LogP contribution in [0.5, 0.6) is 5.75 Å². The van der Waals surface area contributed by atoms with Gasteiger partial charge < -0.3 is 4.18 Å². The van der Waals surface area contributed by atoms with E-state index in [-0.39, 0.29) is 11.5 Å². The van der Waals surface area contributed by atoms with Crippen molar-refractivity contribution in [1.82, 2.24) is 0 Å². The standard InChI is InChI=1S/C26H27F7O3S/c1-14-2-4-15(5-3-14)16-6-8-17(9-7-16)18-10-11-19(23(29)22(18)28)20-12-13-21(27)24(30)25(20)36-37(34,35)26(31,32)33/h10-17H,2-9H2,1H3. The molecule has 0 spiro atoms. The molecule has 0 saturated heterocycles. The highest BCUT2D eigenvalue weighted by molar-refractivity contribution is 7.88. The van der Waals surface area contributed by atoms with Gasteiger partial charge in [-0.25, -0.2) is 13.2 Å². The minimum atomic E-state index is -6.41. The van der Waals surface area contributed by atoms with Crippen LogP contribution in [0.3, 0.4) is 0 Å². The third kappa shape index (κ3) is 5.61. The smallest absolute Gasteiger partial charge is 0.372 e. The van der Waals surface area contributed by atoms with Crippen molar-refractivity contribution in [1.29, 1.82) is 0 Å². The fourth-order valence-electron chi connectivity index (χ4n) is 5.73. The Bertz CT molecular complexity index is 1240. The SMILES string of the molecule is CC1CCC(C2CCC(c3ccc(-c4ccc(F)c(F)c4OS(=O)(=O)C(F)(F)F)c(F)c3F)CC2)CC1. The summed E-state index contributed by atoms with van der Waals surface area (Å²) < 4.78 is 123. The Morgan fingerprint density at radius 1 is 0.730 bits per heavy atom. The molecule has 0 atom stereocenters. The predicted octanol–water partition coefficient (Wildman–Crippen LogP) is 8.24. The van der Waals surface area contributed by atoms with Crippen LogP contribution in [-0.2, 0) is 10.1 Å². The summed E-state index contributed by atoms with van der Waals surface area (Å²) in [5.41, 5.74) is -7.49. The van der Waals surface area contributed by atoms with Gasteiger partial charge >= 0.3 is 15.6 Å². The van der Waals surface area contributed by atoms with Crippen molar-refractivity contribution < 1.29 is 43.3 Å². The van der Waals surface area contributed by atoms with Crippen molar-refractivity contribution in [2.75, 3.05) is 0 Å². The zero-order valence-electron chi connectivity index (χ0n) is 20.1. The number of alkyl halides is 3. The highest BCUT2D eigenvalue weighted by Gasteiger charge is 2.49. The van der Waals surface area contributed by atoms with E-state index in [0.717, 1.165) is 24.8 Å². The zero-order valence-corrected chi connectivity index (χ0v) is 20.9. The van der Waals surface area contributed by atoms with Crippen LogP contribution in [-0.4, -0.2) is 13.9 Å². The van der Waals surface area contributed by atoms with Crippen molar-refractivity contribution in [2.24, 2.45) is 17.8 Å². The zero-order chi connectivity index (χ0) is 27.1. The van der Waals surface area contributed by atoms with Crippen LogP contribution in [0.2, 0.25) is 0 Å². The van der Waals surface area contributed by atoms with E-state index in [1.54, 1.807) is 0 Å². The molecular formula is C26H27F7O3S. The third-order valence-corrected chi connectivity index (χ3v) is 8.82. The summed E-state index contributed by atoms with van der Waals surface area (Å²) in [5.74, 6) is -6.64. The van der Waals surface area contributed by atoms with Crippen LogP contribution < -0.4 is 4.18 Å². The molecule has 0 bridgehead atoms. The first-order valence-electron chi connectivity index (χ1n) is 12.3. The normalized spacial score (nSPS) is 25.2. The summed E-state index contributed by atoms with van der Waals surface area (Å²) in [6.07, 6.45) is 7.81. The number of halogens is 7. The van der Waals surface area contributed by atoms with Gasteiger partial charge in [0.1, 0.15) is 0 Å². The predicted molar refractivity (Wildman–Crippen MR) is 123 cm³/mol. The first-order chi connectivity index (χ1) is 17.3. The van der Waals surface area contributed by atoms with E-state index in [4.69, 9.17) is 0 Å². The molecule has 2 aliphatic rings. The summed E-state index contributed by atoms with van der Waals surface area (Å²) in [6.45, 7) is 2.25. The van der Waals surface area contributed by atoms with E-state index in [1.165, 1.54) is 31.7 Å². The average Bonchev–Trinajstić information content (AvgIpc) is 2.84. The van der Waals surface area contributed by atoms with Gasteiger partial charge in [-0.15, -0.1) is 0 Å². The van der Waals surface area contributed by atoms with Crippen molar-refractivity contribution in [3.05, 3.63) is 53.1 Å². The Labute approximate surface area is 211 Å². The van der Waals surface area contributed by atoms with Crippen molar-refractivity contribution in [3.63, 3.8) is 0 Å². The van der Waals surface area contributed by atoms with Crippen LogP contribution in [0.1, 0.15) is 69.8 Å². The lowest BCUT2D eigenvalue weighted by Gasteiger charge is -2.37. The molecule has 37 heavy (non-hydrogen) atoms. The largest absolute Gasteiger partial charge is 0.534 e. The number of benzene rings is 2. The van der Waals surface area contributed by atoms with Crippen LogP contribution in [0.4, 0.5) is 30.7 Å². The Morgan fingerprint density at radius 3 is 1.84 bits per heavy atom. The Kier molecular flexibility index (Phi) is 7.84. The quantitative estimate of drug-likeness (QED) is 0.213. The molecule has 11 heteroatoms. The molecule has 4 rings (SSSR count). The molecule has 2 aromatic carbocycles. The van der Waals surface area contributed by atoms with Gasteiger partial charge in [-0.3, -0.25) is 0 Å². The first-order valence-corrected chi connectivity index (χ1v) is 13.7. The van der Waals surface area contributed by atoms with E-state index in [2.05, 4.69) is 11.1 Å². The maximum Gasteiger partial charge on any atom is 0.534 e. The lowest BCUT2D eigenvalue weighted by molar-refractivity contribution is -0.0500. The molecule has 0 unspecified atom stereocenters. The molecule has 2 saturated carbocycles. The second kappa shape index (κ2) is 10.5. The van der Waals surface area contributed by atoms with Crippen LogP contribution in [0.25, 0.3) is 11.1 Å². The van der Waals surface area contributed by atoms with Crippen LogP contribution in [0.15, 0.2) is 24.3 Å². The van der Waals surface area contributed by atoms with E-state index in [0.29, 0.717) is 36.8 Å². The molecule has 2 aromatic rings. The van der Waals surface area contributed by atoms with E-state index >= 15 is 8.78 Å². The lowest BCUT2D eigenvalue weighted by atomic mass is 9.68. The summed E-state index contributed by atoms with van der Waals surface area (Å²) in [6, 6.07) is 3.36. The van der Waals surface area contributed by atoms with Gasteiger partial charge in [-0.2, -0.15) is 26.0 Å². The summed E-state index contributed by atoms with van der Waals surface area (Å²) >= 11 is 0. The second-order valence-electron chi connectivity index (χ2n) is 10.2. The molecule has 0 heterocycles. The minimum Gasteiger partial charge on any atom is -0.372 e. The van der Waals surface area contributed by atoms with Gasteiger partial charge in [0.25, 0.3) is 0 Å². The lowest BCUT2D eigenvalue weighted by Crippen LogP contribution is -2.28. The molecule has 0 amide bonds. The fourth-order valence-corrected chi connectivity index (χ4v) is 6.21. The Morgan fingerprint density at radius 2 is 1.27 bits per heavy atom. The topological polar surface area (TPSA) is 43.4 Å². The summed E-state index contributed by atoms with van der Waals surface area (Å²) in [5, 5.41) is 0. The van der Waals surface area contributed by atoms with E-state index in [1.807, 2.05) is 0 Å². The minimum absolute atomic E-state index is 0.0879. The highest BCUT2D eigenvalue weighted by atomic mass is 32.2. The van der Waals surface area contributed by atoms with Gasteiger partial charge in [0.15, 0.2) is 23.2 Å². The fraction of sp³-hybridized carbons (Fsp3) is 0.538. The Hall–Kier alpha value is -2.30. The van der Waals surface area contributed by atoms with Gasteiger partial charge in [0.2, 0.25) is 5.82 Å². The molecule has 2 fully saturated rings. The van der Waals surface area contributed by atoms with Gasteiger partial charge in [0.05, 0.1) is 0 Å². The summed E-state index contributed by atoms with van der Waals surface area (Å²) in [4.78, 5) is 0. The third-order valence-electron chi connectivity index (χ3n) is 7.87. The molecule has 3 nitrogen and oxygen atoms in total. The molecule has 2 aliphatic carbocycles. The number of hydrogen-bond acceptors (Lipinski definition) is 3. The van der Waals surface area contributed by atoms with Gasteiger partial charge in [-0.1, -0.05) is 31.9 Å². The monoisotopic (exact) mass is 552 g/mol. The maximum absolute atomic E-state index is 15.2. The first kappa shape index (κ1) is 27.7. The van der Waals surface area contributed by atoms with Crippen molar-refractivity contribution >= 4 is 10.1 Å². The van der Waals surface area contributed by atoms with Gasteiger partial charge in [-0.05, 0) is 79.9 Å². The van der Waals surface area contributed by atoms with Gasteiger partial charge in [0, 0.05) is 11.1 Å². The number of hydrogen-bond donors (Lipinski definition) is 0. The molecule has 0 aromatic heterocycles. The maximum atomic E-state index is 15.2. The molecule has 0 aliphatic heterocycles. The Balaban J connectivity index is 1.59. The molecular weight excluding hydrogens is 525 g/mol.